The smallest absolute Gasteiger partial charge is 0.249 e. The first-order valence-corrected chi connectivity index (χ1v) is 5.79. The highest BCUT2D eigenvalue weighted by Gasteiger charge is 2.26. The van der Waals surface area contributed by atoms with E-state index in [1.165, 1.54) is 18.0 Å². The molecule has 0 aliphatic rings. The summed E-state index contributed by atoms with van der Waals surface area (Å²) in [5.41, 5.74) is 4.90. The number of halogens is 1. The van der Waals surface area contributed by atoms with Crippen LogP contribution in [0, 0.1) is 0 Å². The van der Waals surface area contributed by atoms with E-state index < -0.39 is 18.1 Å². The quantitative estimate of drug-likeness (QED) is 0.392. The van der Waals surface area contributed by atoms with Gasteiger partial charge in [0.25, 0.3) is 0 Å². The number of hydrogen-bond acceptors (Lipinski definition) is 6. The Hall–Kier alpha value is -0.890. The van der Waals surface area contributed by atoms with Crippen LogP contribution in [0.3, 0.4) is 0 Å². The maximum absolute atomic E-state index is 10.7. The molecule has 0 aromatic carbocycles. The molecule has 0 saturated heterocycles. The van der Waals surface area contributed by atoms with Gasteiger partial charge in [-0.1, -0.05) is 23.4 Å². The van der Waals surface area contributed by atoms with Crippen LogP contribution in [0.1, 0.15) is 11.7 Å². The number of amides is 1. The molecule has 6 nitrogen and oxygen atoms in total. The monoisotopic (exact) mass is 263 g/mol. The minimum Gasteiger partial charge on any atom is -0.385 e. The molecule has 88 valence electrons. The molecule has 1 aromatic heterocycles. The topological polar surface area (TPSA) is 109 Å². The van der Waals surface area contributed by atoms with Crippen molar-refractivity contribution in [2.24, 2.45) is 5.73 Å². The van der Waals surface area contributed by atoms with E-state index in [4.69, 9.17) is 17.3 Å². The molecule has 0 fully saturated rings. The summed E-state index contributed by atoms with van der Waals surface area (Å²) in [6, 6.07) is 0. The number of thioether (sulfide) groups is 1. The lowest BCUT2D eigenvalue weighted by molar-refractivity contribution is -0.132. The number of primary amides is 1. The Morgan fingerprint density at radius 2 is 2.25 bits per heavy atom. The van der Waals surface area contributed by atoms with Crippen molar-refractivity contribution < 1.29 is 15.0 Å². The van der Waals surface area contributed by atoms with E-state index in [1.807, 2.05) is 0 Å². The Bertz CT molecular complexity index is 404. The van der Waals surface area contributed by atoms with Crippen LogP contribution >= 0.6 is 23.4 Å². The Balaban J connectivity index is 3.00. The van der Waals surface area contributed by atoms with Crippen molar-refractivity contribution in [3.63, 3.8) is 0 Å². The number of aliphatic hydroxyl groups is 2. The highest BCUT2D eigenvalue weighted by molar-refractivity contribution is 7.98. The fourth-order valence-electron chi connectivity index (χ4n) is 0.978. The molecule has 0 spiro atoms. The van der Waals surface area contributed by atoms with Gasteiger partial charge in [-0.25, -0.2) is 9.97 Å². The molecule has 1 rings (SSSR count). The van der Waals surface area contributed by atoms with E-state index in [-0.39, 0.29) is 10.7 Å². The Labute approximate surface area is 101 Å². The molecule has 8 heteroatoms. The van der Waals surface area contributed by atoms with Crippen LogP contribution in [-0.2, 0) is 4.79 Å². The highest BCUT2D eigenvalue weighted by Crippen LogP contribution is 2.24. The van der Waals surface area contributed by atoms with E-state index >= 15 is 0 Å². The largest absolute Gasteiger partial charge is 0.385 e. The van der Waals surface area contributed by atoms with Gasteiger partial charge in [0, 0.05) is 11.8 Å². The van der Waals surface area contributed by atoms with Gasteiger partial charge in [-0.2, -0.15) is 0 Å². The summed E-state index contributed by atoms with van der Waals surface area (Å²) in [6.07, 6.45) is -0.250. The Morgan fingerprint density at radius 3 is 2.69 bits per heavy atom. The standard InChI is InChI=1S/C8H10ClN3O3S/c1-16-8-11-2-3(6(9)12-8)4(13)5(14)7(10)15/h2,4-5,13-14H,1H3,(H2,10,15). The molecular weight excluding hydrogens is 254 g/mol. The molecule has 0 aliphatic carbocycles. The van der Waals surface area contributed by atoms with E-state index in [0.717, 1.165) is 0 Å². The summed E-state index contributed by atoms with van der Waals surface area (Å²) in [5, 5.41) is 19.2. The lowest BCUT2D eigenvalue weighted by atomic mass is 10.1. The molecule has 0 saturated carbocycles. The van der Waals surface area contributed by atoms with Crippen LogP contribution in [-0.4, -0.2) is 38.4 Å². The number of hydrogen-bond donors (Lipinski definition) is 3. The lowest BCUT2D eigenvalue weighted by Crippen LogP contribution is -2.34. The van der Waals surface area contributed by atoms with Gasteiger partial charge in [0.05, 0.1) is 0 Å². The predicted molar refractivity (Wildman–Crippen MR) is 59.0 cm³/mol. The zero-order valence-electron chi connectivity index (χ0n) is 8.29. The van der Waals surface area contributed by atoms with Crippen molar-refractivity contribution in [3.05, 3.63) is 16.9 Å². The fraction of sp³-hybridized carbons (Fsp3) is 0.375. The van der Waals surface area contributed by atoms with Crippen molar-refractivity contribution in [1.82, 2.24) is 9.97 Å². The minimum absolute atomic E-state index is 0.0212. The van der Waals surface area contributed by atoms with Gasteiger partial charge in [0.1, 0.15) is 11.3 Å². The molecular formula is C8H10ClN3O3S. The summed E-state index contributed by atoms with van der Waals surface area (Å²) in [5.74, 6) is -1.04. The van der Waals surface area contributed by atoms with Crippen LogP contribution in [0.2, 0.25) is 5.15 Å². The molecule has 2 atom stereocenters. The van der Waals surface area contributed by atoms with Crippen LogP contribution < -0.4 is 5.73 Å². The Kier molecular flexibility index (Phi) is 4.48. The highest BCUT2D eigenvalue weighted by atomic mass is 35.5. The van der Waals surface area contributed by atoms with E-state index in [0.29, 0.717) is 5.16 Å². The number of carbonyl (C=O) groups is 1. The first-order valence-electron chi connectivity index (χ1n) is 4.19. The molecule has 16 heavy (non-hydrogen) atoms. The number of nitrogens with zero attached hydrogens (tertiary/aromatic N) is 2. The molecule has 0 radical (unpaired) electrons. The van der Waals surface area contributed by atoms with Gasteiger partial charge in [-0.15, -0.1) is 0 Å². The molecule has 1 aromatic rings. The summed E-state index contributed by atoms with van der Waals surface area (Å²) in [4.78, 5) is 18.4. The zero-order valence-corrected chi connectivity index (χ0v) is 9.87. The van der Waals surface area contributed by atoms with Gasteiger partial charge < -0.3 is 15.9 Å². The van der Waals surface area contributed by atoms with Crippen LogP contribution in [0.5, 0.6) is 0 Å². The number of carbonyl (C=O) groups excluding carboxylic acids is 1. The average Bonchev–Trinajstić information content (AvgIpc) is 2.26. The summed E-state index contributed by atoms with van der Waals surface area (Å²) < 4.78 is 0. The third-order valence-corrected chi connectivity index (χ3v) is 2.70. The summed E-state index contributed by atoms with van der Waals surface area (Å²) in [6.45, 7) is 0. The van der Waals surface area contributed by atoms with Crippen molar-refractivity contribution in [3.8, 4) is 0 Å². The number of nitrogens with two attached hydrogens (primary N) is 1. The second-order valence-electron chi connectivity index (χ2n) is 2.89. The van der Waals surface area contributed by atoms with E-state index in [2.05, 4.69) is 9.97 Å². The summed E-state index contributed by atoms with van der Waals surface area (Å²) in [7, 11) is 0. The summed E-state index contributed by atoms with van der Waals surface area (Å²) >= 11 is 7.04. The van der Waals surface area contributed by atoms with Crippen molar-refractivity contribution >= 4 is 29.3 Å². The average molecular weight is 264 g/mol. The van der Waals surface area contributed by atoms with Crippen LogP contribution in [0.4, 0.5) is 0 Å². The maximum Gasteiger partial charge on any atom is 0.249 e. The number of aromatic nitrogens is 2. The molecule has 2 unspecified atom stereocenters. The van der Waals surface area contributed by atoms with Gasteiger partial charge in [0.15, 0.2) is 11.3 Å². The number of rotatable bonds is 4. The van der Waals surface area contributed by atoms with Gasteiger partial charge in [0.2, 0.25) is 5.91 Å². The maximum atomic E-state index is 10.7. The predicted octanol–water partition coefficient (Wildman–Crippen LogP) is -0.269. The second kappa shape index (κ2) is 5.44. The molecule has 0 aliphatic heterocycles. The molecule has 1 amide bonds. The van der Waals surface area contributed by atoms with Gasteiger partial charge in [-0.3, -0.25) is 4.79 Å². The van der Waals surface area contributed by atoms with Gasteiger partial charge >= 0.3 is 0 Å². The van der Waals surface area contributed by atoms with E-state index in [9.17, 15) is 15.0 Å². The second-order valence-corrected chi connectivity index (χ2v) is 4.03. The third kappa shape index (κ3) is 2.82. The molecule has 1 heterocycles. The van der Waals surface area contributed by atoms with E-state index in [1.54, 1.807) is 6.26 Å². The minimum atomic E-state index is -1.73. The number of aliphatic hydroxyl groups excluding tert-OH is 2. The van der Waals surface area contributed by atoms with Crippen molar-refractivity contribution in [1.29, 1.82) is 0 Å². The molecule has 0 bridgehead atoms. The van der Waals surface area contributed by atoms with Crippen molar-refractivity contribution in [2.45, 2.75) is 17.4 Å². The third-order valence-electron chi connectivity index (χ3n) is 1.84. The van der Waals surface area contributed by atoms with Gasteiger partial charge in [-0.05, 0) is 6.26 Å². The Morgan fingerprint density at radius 1 is 1.62 bits per heavy atom. The zero-order chi connectivity index (χ0) is 12.3. The van der Waals surface area contributed by atoms with Crippen molar-refractivity contribution in [2.75, 3.05) is 6.26 Å². The first-order chi connectivity index (χ1) is 7.47. The van der Waals surface area contributed by atoms with Crippen LogP contribution in [0.15, 0.2) is 11.4 Å². The normalized spacial score (nSPS) is 14.5. The van der Waals surface area contributed by atoms with Crippen LogP contribution in [0.25, 0.3) is 0 Å². The molecule has 4 N–H and O–H groups in total. The first kappa shape index (κ1) is 13.2. The lowest BCUT2D eigenvalue weighted by Gasteiger charge is -2.15. The fourth-order valence-corrected chi connectivity index (χ4v) is 1.61. The SMILES string of the molecule is CSc1ncc(C(O)C(O)C(N)=O)c(Cl)n1.